The average Bonchev–Trinajstić information content (AvgIpc) is 3.12. The van der Waals surface area contributed by atoms with Crippen LogP contribution in [0.4, 0.5) is 0 Å². The fraction of sp³-hybridized carbons (Fsp3) is 0.706. The van der Waals surface area contributed by atoms with E-state index in [4.69, 9.17) is 4.74 Å². The minimum atomic E-state index is -0.354. The number of nitrogens with zero attached hydrogens (tertiary/aromatic N) is 1. The molecule has 0 radical (unpaired) electrons. The van der Waals surface area contributed by atoms with Crippen molar-refractivity contribution in [3.63, 3.8) is 0 Å². The first-order valence-corrected chi connectivity index (χ1v) is 8.56. The molecule has 1 spiro atoms. The van der Waals surface area contributed by atoms with Crippen molar-refractivity contribution >= 4 is 11.9 Å². The highest BCUT2D eigenvalue weighted by atomic mass is 16.6. The molecule has 0 saturated carbocycles. The van der Waals surface area contributed by atoms with Gasteiger partial charge in [0.25, 0.3) is 5.91 Å². The third-order valence-corrected chi connectivity index (χ3v) is 5.01. The van der Waals surface area contributed by atoms with Crippen LogP contribution in [-0.2, 0) is 14.9 Å². The van der Waals surface area contributed by atoms with Gasteiger partial charge >= 0.3 is 5.97 Å². The number of esters is 1. The molecule has 0 aromatic carbocycles. The van der Waals surface area contributed by atoms with Gasteiger partial charge in [0, 0.05) is 11.8 Å². The van der Waals surface area contributed by atoms with E-state index in [0.29, 0.717) is 18.5 Å². The molecule has 3 rings (SSSR count). The molecule has 1 atom stereocenters. The molecule has 1 aromatic heterocycles. The molecular weight excluding hydrogens is 308 g/mol. The summed E-state index contributed by atoms with van der Waals surface area (Å²) in [5.41, 5.74) is 0.802. The number of carbonyl (C=O) groups excluding carboxylic acids is 2. The van der Waals surface area contributed by atoms with Gasteiger partial charge in [-0.3, -0.25) is 14.7 Å². The quantitative estimate of drug-likeness (QED) is 0.720. The summed E-state index contributed by atoms with van der Waals surface area (Å²) >= 11 is 0. The molecule has 3 N–H and O–H groups in total. The zero-order chi connectivity index (χ0) is 17.4. The first-order valence-electron chi connectivity index (χ1n) is 8.56. The van der Waals surface area contributed by atoms with E-state index in [0.717, 1.165) is 31.6 Å². The Morgan fingerprint density at radius 3 is 2.79 bits per heavy atom. The van der Waals surface area contributed by atoms with Crippen molar-refractivity contribution in [2.24, 2.45) is 5.41 Å². The van der Waals surface area contributed by atoms with Gasteiger partial charge in [-0.25, -0.2) is 0 Å². The molecule has 3 heterocycles. The summed E-state index contributed by atoms with van der Waals surface area (Å²) in [6.07, 6.45) is 3.61. The van der Waals surface area contributed by atoms with Crippen LogP contribution in [0.5, 0.6) is 0 Å². The molecule has 0 aliphatic carbocycles. The Labute approximate surface area is 141 Å². The lowest BCUT2D eigenvalue weighted by Gasteiger charge is -2.29. The third-order valence-electron chi connectivity index (χ3n) is 5.01. The highest BCUT2D eigenvalue weighted by Crippen LogP contribution is 2.41. The zero-order valence-electron chi connectivity index (χ0n) is 14.6. The van der Waals surface area contributed by atoms with E-state index in [1.807, 2.05) is 20.8 Å². The number of nitrogens with one attached hydrogen (secondary N) is 3. The average molecular weight is 334 g/mol. The minimum Gasteiger partial charge on any atom is -0.460 e. The van der Waals surface area contributed by atoms with Gasteiger partial charge in [-0.2, -0.15) is 5.10 Å². The van der Waals surface area contributed by atoms with Crippen LogP contribution < -0.4 is 10.6 Å². The maximum absolute atomic E-state index is 12.5. The standard InChI is InChI=1S/C17H26N4O3/c1-16(2,3)13-12(10-20-21-13)14(22)19-9-11-8-17(15(23)24-11)4-6-18-7-5-17/h10-11,18H,4-9H2,1-3H3,(H,19,22)(H,20,21). The lowest BCUT2D eigenvalue weighted by molar-refractivity contribution is -0.149. The first-order chi connectivity index (χ1) is 11.3. The normalized spacial score (nSPS) is 23.3. The number of amides is 1. The molecule has 2 saturated heterocycles. The summed E-state index contributed by atoms with van der Waals surface area (Å²) in [5, 5.41) is 13.1. The Morgan fingerprint density at radius 1 is 1.42 bits per heavy atom. The number of aromatic nitrogens is 2. The van der Waals surface area contributed by atoms with Gasteiger partial charge in [-0.15, -0.1) is 0 Å². The fourth-order valence-corrected chi connectivity index (χ4v) is 3.60. The van der Waals surface area contributed by atoms with Crippen LogP contribution in [0, 0.1) is 5.41 Å². The van der Waals surface area contributed by atoms with Crippen LogP contribution in [-0.4, -0.2) is 47.8 Å². The van der Waals surface area contributed by atoms with Crippen LogP contribution in [0.2, 0.25) is 0 Å². The van der Waals surface area contributed by atoms with E-state index >= 15 is 0 Å². The van der Waals surface area contributed by atoms with Gasteiger partial charge in [0.2, 0.25) is 0 Å². The number of rotatable bonds is 3. The van der Waals surface area contributed by atoms with Gasteiger partial charge in [0.1, 0.15) is 6.10 Å². The highest BCUT2D eigenvalue weighted by Gasteiger charge is 2.49. The van der Waals surface area contributed by atoms with Crippen molar-refractivity contribution in [2.45, 2.75) is 51.6 Å². The number of piperidine rings is 1. The summed E-state index contributed by atoms with van der Waals surface area (Å²) < 4.78 is 5.52. The largest absolute Gasteiger partial charge is 0.460 e. The Balaban J connectivity index is 1.60. The number of cyclic esters (lactones) is 1. The van der Waals surface area contributed by atoms with Crippen molar-refractivity contribution in [3.8, 4) is 0 Å². The molecule has 1 unspecified atom stereocenters. The molecule has 132 valence electrons. The summed E-state index contributed by atoms with van der Waals surface area (Å²) in [6.45, 7) is 8.11. The van der Waals surface area contributed by atoms with Crippen LogP contribution in [0.25, 0.3) is 0 Å². The van der Waals surface area contributed by atoms with Gasteiger partial charge < -0.3 is 15.4 Å². The second kappa shape index (κ2) is 6.20. The van der Waals surface area contributed by atoms with Crippen LogP contribution in [0.1, 0.15) is 56.1 Å². The van der Waals surface area contributed by atoms with E-state index in [1.165, 1.54) is 0 Å². The molecule has 2 aliphatic rings. The van der Waals surface area contributed by atoms with Crippen LogP contribution in [0.3, 0.4) is 0 Å². The SMILES string of the molecule is CC(C)(C)c1[nH]ncc1C(=O)NCC1CC2(CCNCC2)C(=O)O1. The predicted molar refractivity (Wildman–Crippen MR) is 88.7 cm³/mol. The number of hydrogen-bond donors (Lipinski definition) is 3. The topological polar surface area (TPSA) is 96.1 Å². The summed E-state index contributed by atoms with van der Waals surface area (Å²) in [6, 6.07) is 0. The van der Waals surface area contributed by atoms with Crippen LogP contribution in [0.15, 0.2) is 6.20 Å². The Bertz CT molecular complexity index is 626. The summed E-state index contributed by atoms with van der Waals surface area (Å²) in [4.78, 5) is 24.7. The lowest BCUT2D eigenvalue weighted by Crippen LogP contribution is -2.40. The Kier molecular flexibility index (Phi) is 4.38. The Hall–Kier alpha value is -1.89. The van der Waals surface area contributed by atoms with Crippen molar-refractivity contribution in [3.05, 3.63) is 17.5 Å². The van der Waals surface area contributed by atoms with E-state index in [2.05, 4.69) is 20.8 Å². The third kappa shape index (κ3) is 3.17. The molecule has 24 heavy (non-hydrogen) atoms. The van der Waals surface area contributed by atoms with Gasteiger partial charge in [0.15, 0.2) is 0 Å². The summed E-state index contributed by atoms with van der Waals surface area (Å²) in [7, 11) is 0. The van der Waals surface area contributed by atoms with E-state index in [1.54, 1.807) is 6.20 Å². The second-order valence-electron chi connectivity index (χ2n) is 7.88. The first kappa shape index (κ1) is 17.0. The Morgan fingerprint density at radius 2 is 2.12 bits per heavy atom. The number of carbonyl (C=O) groups is 2. The maximum Gasteiger partial charge on any atom is 0.312 e. The van der Waals surface area contributed by atoms with E-state index in [-0.39, 0.29) is 28.8 Å². The van der Waals surface area contributed by atoms with Crippen LogP contribution >= 0.6 is 0 Å². The maximum atomic E-state index is 12.5. The van der Waals surface area contributed by atoms with E-state index in [9.17, 15) is 9.59 Å². The molecule has 1 amide bonds. The van der Waals surface area contributed by atoms with Crippen molar-refractivity contribution < 1.29 is 14.3 Å². The molecular formula is C17H26N4O3. The minimum absolute atomic E-state index is 0.109. The summed E-state index contributed by atoms with van der Waals surface area (Å²) in [5.74, 6) is -0.294. The number of aromatic amines is 1. The van der Waals surface area contributed by atoms with Crippen molar-refractivity contribution in [1.29, 1.82) is 0 Å². The molecule has 0 bridgehead atoms. The van der Waals surface area contributed by atoms with Gasteiger partial charge in [-0.1, -0.05) is 20.8 Å². The van der Waals surface area contributed by atoms with Crippen molar-refractivity contribution in [1.82, 2.24) is 20.8 Å². The molecule has 2 aliphatic heterocycles. The number of ether oxygens (including phenoxy) is 1. The monoisotopic (exact) mass is 334 g/mol. The van der Waals surface area contributed by atoms with Gasteiger partial charge in [-0.05, 0) is 25.9 Å². The molecule has 7 heteroatoms. The van der Waals surface area contributed by atoms with Crippen molar-refractivity contribution in [2.75, 3.05) is 19.6 Å². The second-order valence-corrected chi connectivity index (χ2v) is 7.88. The molecule has 1 aromatic rings. The highest BCUT2D eigenvalue weighted by molar-refractivity contribution is 5.95. The number of H-pyrrole nitrogens is 1. The zero-order valence-corrected chi connectivity index (χ0v) is 14.6. The molecule has 7 nitrogen and oxygen atoms in total. The smallest absolute Gasteiger partial charge is 0.312 e. The van der Waals surface area contributed by atoms with E-state index < -0.39 is 0 Å². The lowest BCUT2D eigenvalue weighted by atomic mass is 9.76. The van der Waals surface area contributed by atoms with Gasteiger partial charge in [0.05, 0.1) is 29.4 Å². The fourth-order valence-electron chi connectivity index (χ4n) is 3.60. The molecule has 2 fully saturated rings. The number of hydrogen-bond acceptors (Lipinski definition) is 5. The predicted octanol–water partition coefficient (Wildman–Crippen LogP) is 1.12.